The molecule has 162 valence electrons. The van der Waals surface area contributed by atoms with Crippen LogP contribution in [0.3, 0.4) is 0 Å². The van der Waals surface area contributed by atoms with Gasteiger partial charge in [0.05, 0.1) is 36.4 Å². The van der Waals surface area contributed by atoms with E-state index < -0.39 is 17.5 Å². The van der Waals surface area contributed by atoms with Crippen molar-refractivity contribution >= 4 is 23.2 Å². The number of anilines is 1. The molecule has 4 aromatic rings. The maximum Gasteiger partial charge on any atom is 0.256 e. The first-order valence-electron chi connectivity index (χ1n) is 9.35. The molecular formula is C22H16ClF2N5O2. The number of carbonyl (C=O) groups is 1. The van der Waals surface area contributed by atoms with Crippen molar-refractivity contribution in [3.63, 3.8) is 0 Å². The van der Waals surface area contributed by atoms with E-state index in [1.165, 1.54) is 60.8 Å². The molecule has 0 fully saturated rings. The van der Waals surface area contributed by atoms with E-state index in [1.54, 1.807) is 6.92 Å². The van der Waals surface area contributed by atoms with Crippen molar-refractivity contribution in [2.75, 3.05) is 12.4 Å². The van der Waals surface area contributed by atoms with Crippen molar-refractivity contribution in [1.82, 2.24) is 20.0 Å². The van der Waals surface area contributed by atoms with Gasteiger partial charge in [0.25, 0.3) is 5.91 Å². The van der Waals surface area contributed by atoms with Gasteiger partial charge in [0.2, 0.25) is 0 Å². The monoisotopic (exact) mass is 455 g/mol. The number of halogens is 3. The van der Waals surface area contributed by atoms with Crippen molar-refractivity contribution in [1.29, 1.82) is 0 Å². The molecule has 32 heavy (non-hydrogen) atoms. The number of nitrogens with one attached hydrogen (secondary N) is 1. The van der Waals surface area contributed by atoms with Crippen LogP contribution in [0.4, 0.5) is 14.5 Å². The van der Waals surface area contributed by atoms with Gasteiger partial charge < -0.3 is 10.1 Å². The van der Waals surface area contributed by atoms with Gasteiger partial charge in [-0.05, 0) is 42.8 Å². The summed E-state index contributed by atoms with van der Waals surface area (Å²) in [6, 6.07) is 7.94. The molecule has 1 N–H and O–H groups in total. The molecule has 2 aromatic carbocycles. The first-order valence-corrected chi connectivity index (χ1v) is 9.73. The SMILES string of the molecule is COc1cc(F)ccc1-c1cc(C)c(C(=O)Nc2cnc(-n3nccn3)c(Cl)c2)cc1F. The molecular weight excluding hydrogens is 440 g/mol. The number of hydrogen-bond acceptors (Lipinski definition) is 5. The molecule has 2 heterocycles. The second-order valence-corrected chi connectivity index (χ2v) is 7.20. The van der Waals surface area contributed by atoms with Crippen molar-refractivity contribution in [3.05, 3.63) is 82.8 Å². The van der Waals surface area contributed by atoms with E-state index >= 15 is 0 Å². The smallest absolute Gasteiger partial charge is 0.256 e. The van der Waals surface area contributed by atoms with Crippen LogP contribution in [0.15, 0.2) is 55.0 Å². The number of hydrogen-bond donors (Lipinski definition) is 1. The lowest BCUT2D eigenvalue weighted by Gasteiger charge is -2.13. The highest BCUT2D eigenvalue weighted by Gasteiger charge is 2.18. The van der Waals surface area contributed by atoms with Gasteiger partial charge in [-0.25, -0.2) is 13.8 Å². The standard InChI is InChI=1S/C22H16ClF2N5O2/c1-12-7-17(15-4-3-13(24)8-20(15)32-2)19(25)10-16(12)22(31)29-14-9-18(23)21(26-11-14)30-27-5-6-28-30/h3-11H,1-2H3,(H,29,31). The van der Waals surface area contributed by atoms with Gasteiger partial charge in [0.15, 0.2) is 5.82 Å². The van der Waals surface area contributed by atoms with Crippen LogP contribution >= 0.6 is 11.6 Å². The van der Waals surface area contributed by atoms with E-state index in [9.17, 15) is 13.6 Å². The predicted octanol–water partition coefficient (Wildman–Crippen LogP) is 4.83. The molecule has 1 amide bonds. The third-order valence-corrected chi connectivity index (χ3v) is 4.98. The first-order chi connectivity index (χ1) is 15.4. The number of aromatic nitrogens is 4. The Morgan fingerprint density at radius 2 is 1.84 bits per heavy atom. The molecule has 0 aliphatic rings. The third-order valence-electron chi connectivity index (χ3n) is 4.70. The Kier molecular flexibility index (Phi) is 5.83. The van der Waals surface area contributed by atoms with E-state index in [0.717, 1.165) is 6.07 Å². The summed E-state index contributed by atoms with van der Waals surface area (Å²) in [6.07, 6.45) is 4.36. The largest absolute Gasteiger partial charge is 0.496 e. The summed E-state index contributed by atoms with van der Waals surface area (Å²) in [7, 11) is 1.37. The number of nitrogens with zero attached hydrogens (tertiary/aromatic N) is 4. The lowest BCUT2D eigenvalue weighted by molar-refractivity contribution is 0.102. The minimum Gasteiger partial charge on any atom is -0.496 e. The summed E-state index contributed by atoms with van der Waals surface area (Å²) in [5.74, 6) is -1.20. The molecule has 0 atom stereocenters. The van der Waals surface area contributed by atoms with Crippen molar-refractivity contribution in [3.8, 4) is 22.7 Å². The summed E-state index contributed by atoms with van der Waals surface area (Å²) < 4.78 is 33.6. The highest BCUT2D eigenvalue weighted by atomic mass is 35.5. The zero-order valence-electron chi connectivity index (χ0n) is 16.9. The Balaban J connectivity index is 1.61. The molecule has 0 aliphatic carbocycles. The number of methoxy groups -OCH3 is 1. The van der Waals surface area contributed by atoms with E-state index in [0.29, 0.717) is 22.6 Å². The molecule has 0 aliphatic heterocycles. The second-order valence-electron chi connectivity index (χ2n) is 6.79. The van der Waals surface area contributed by atoms with Gasteiger partial charge in [-0.1, -0.05) is 11.6 Å². The van der Waals surface area contributed by atoms with E-state index in [4.69, 9.17) is 16.3 Å². The zero-order chi connectivity index (χ0) is 22.8. The van der Waals surface area contributed by atoms with Crippen molar-refractivity contribution < 1.29 is 18.3 Å². The Morgan fingerprint density at radius 3 is 2.53 bits per heavy atom. The summed E-state index contributed by atoms with van der Waals surface area (Å²) in [4.78, 5) is 18.2. The summed E-state index contributed by atoms with van der Waals surface area (Å²) in [5, 5.41) is 10.8. The van der Waals surface area contributed by atoms with Crippen LogP contribution in [-0.4, -0.2) is 33.0 Å². The van der Waals surface area contributed by atoms with Crippen LogP contribution in [0.1, 0.15) is 15.9 Å². The van der Waals surface area contributed by atoms with Gasteiger partial charge in [0.1, 0.15) is 17.4 Å². The maximum absolute atomic E-state index is 14.9. The quantitative estimate of drug-likeness (QED) is 0.466. The van der Waals surface area contributed by atoms with Gasteiger partial charge >= 0.3 is 0 Å². The van der Waals surface area contributed by atoms with Crippen LogP contribution in [-0.2, 0) is 0 Å². The van der Waals surface area contributed by atoms with Gasteiger partial charge in [-0.2, -0.15) is 10.2 Å². The zero-order valence-corrected chi connectivity index (χ0v) is 17.7. The number of benzene rings is 2. The van der Waals surface area contributed by atoms with Crippen LogP contribution in [0.2, 0.25) is 5.02 Å². The average molecular weight is 456 g/mol. The van der Waals surface area contributed by atoms with Crippen LogP contribution < -0.4 is 10.1 Å². The predicted molar refractivity (Wildman–Crippen MR) is 115 cm³/mol. The van der Waals surface area contributed by atoms with Crippen molar-refractivity contribution in [2.24, 2.45) is 0 Å². The fourth-order valence-corrected chi connectivity index (χ4v) is 3.43. The summed E-state index contributed by atoms with van der Waals surface area (Å²) >= 11 is 6.22. The number of pyridine rings is 1. The molecule has 0 saturated heterocycles. The summed E-state index contributed by atoms with van der Waals surface area (Å²) in [6.45, 7) is 1.67. The van der Waals surface area contributed by atoms with Crippen LogP contribution in [0.25, 0.3) is 16.9 Å². The number of rotatable bonds is 5. The number of ether oxygens (including phenoxy) is 1. The van der Waals surface area contributed by atoms with Gasteiger partial charge in [-0.15, -0.1) is 4.80 Å². The molecule has 2 aromatic heterocycles. The van der Waals surface area contributed by atoms with E-state index in [2.05, 4.69) is 20.5 Å². The Hall–Kier alpha value is -3.85. The fourth-order valence-electron chi connectivity index (χ4n) is 3.19. The number of amides is 1. The molecule has 4 rings (SSSR count). The molecule has 0 radical (unpaired) electrons. The van der Waals surface area contributed by atoms with Crippen molar-refractivity contribution in [2.45, 2.75) is 6.92 Å². The van der Waals surface area contributed by atoms with Gasteiger partial charge in [-0.3, -0.25) is 4.79 Å². The average Bonchev–Trinajstić information content (AvgIpc) is 3.29. The lowest BCUT2D eigenvalue weighted by Crippen LogP contribution is -2.15. The van der Waals surface area contributed by atoms with E-state index in [1.807, 2.05) is 0 Å². The minimum atomic E-state index is -0.651. The lowest BCUT2D eigenvalue weighted by atomic mass is 9.98. The Labute approximate surface area is 186 Å². The Bertz CT molecular complexity index is 1310. The number of carbonyl (C=O) groups excluding carboxylic acids is 1. The number of aryl methyl sites for hydroxylation is 1. The molecule has 0 saturated carbocycles. The van der Waals surface area contributed by atoms with Crippen LogP contribution in [0, 0.1) is 18.6 Å². The van der Waals surface area contributed by atoms with Gasteiger partial charge in [0, 0.05) is 22.8 Å². The maximum atomic E-state index is 14.9. The highest BCUT2D eigenvalue weighted by Crippen LogP contribution is 2.34. The topological polar surface area (TPSA) is 81.9 Å². The minimum absolute atomic E-state index is 0.126. The summed E-state index contributed by atoms with van der Waals surface area (Å²) in [5.41, 5.74) is 1.53. The highest BCUT2D eigenvalue weighted by molar-refractivity contribution is 6.32. The first kappa shape index (κ1) is 21.4. The second kappa shape index (κ2) is 8.72. The molecule has 0 spiro atoms. The Morgan fingerprint density at radius 1 is 1.09 bits per heavy atom. The molecule has 7 nitrogen and oxygen atoms in total. The molecule has 0 unspecified atom stereocenters. The fraction of sp³-hybridized carbons (Fsp3) is 0.0909. The normalized spacial score (nSPS) is 10.8. The van der Waals surface area contributed by atoms with E-state index in [-0.39, 0.29) is 21.9 Å². The molecule has 0 bridgehead atoms. The third kappa shape index (κ3) is 4.15. The molecule has 10 heteroatoms. The van der Waals surface area contributed by atoms with Crippen LogP contribution in [0.5, 0.6) is 5.75 Å².